The molecule has 21 heavy (non-hydrogen) atoms. The van der Waals surface area contributed by atoms with Crippen molar-refractivity contribution in [2.45, 2.75) is 32.6 Å². The summed E-state index contributed by atoms with van der Waals surface area (Å²) in [7, 11) is 0. The van der Waals surface area contributed by atoms with Crippen molar-refractivity contribution in [1.29, 1.82) is 0 Å². The summed E-state index contributed by atoms with van der Waals surface area (Å²) >= 11 is 0. The van der Waals surface area contributed by atoms with Gasteiger partial charge in [0.25, 0.3) is 0 Å². The van der Waals surface area contributed by atoms with Gasteiger partial charge in [-0.25, -0.2) is 0 Å². The summed E-state index contributed by atoms with van der Waals surface area (Å²) in [6, 6.07) is 8.29. The molecular formula is C16H21BrN4. The van der Waals surface area contributed by atoms with Crippen LogP contribution in [0.5, 0.6) is 0 Å². The Labute approximate surface area is 135 Å². The molecule has 112 valence electrons. The normalized spacial score (nSPS) is 15.6. The van der Waals surface area contributed by atoms with Gasteiger partial charge in [0.15, 0.2) is 0 Å². The first-order valence-corrected chi connectivity index (χ1v) is 7.24. The highest BCUT2D eigenvalue weighted by Gasteiger charge is 2.06. The number of hydrogen-bond donors (Lipinski definition) is 2. The Morgan fingerprint density at radius 1 is 1.24 bits per heavy atom. The van der Waals surface area contributed by atoms with Crippen LogP contribution in [0.4, 0.5) is 0 Å². The first-order valence-electron chi connectivity index (χ1n) is 7.24. The third-order valence-electron chi connectivity index (χ3n) is 3.71. The molecule has 0 spiro atoms. The Morgan fingerprint density at radius 3 is 3.00 bits per heavy atom. The summed E-state index contributed by atoms with van der Waals surface area (Å²) in [5.74, 6) is 1.01. The Bertz CT molecular complexity index is 657. The molecule has 0 atom stereocenters. The molecule has 0 unspecified atom stereocenters. The van der Waals surface area contributed by atoms with Gasteiger partial charge in [0, 0.05) is 35.1 Å². The number of aliphatic imine (C=N–C) groups is 1. The van der Waals surface area contributed by atoms with E-state index < -0.39 is 0 Å². The van der Waals surface area contributed by atoms with Gasteiger partial charge >= 0.3 is 0 Å². The number of halogens is 1. The van der Waals surface area contributed by atoms with Gasteiger partial charge in [-0.3, -0.25) is 10.4 Å². The number of aromatic nitrogens is 1. The molecule has 4 nitrogen and oxygen atoms in total. The maximum Gasteiger partial charge on any atom is 0.117 e. The van der Waals surface area contributed by atoms with E-state index in [0.717, 1.165) is 35.6 Å². The third-order valence-corrected chi connectivity index (χ3v) is 3.71. The Morgan fingerprint density at radius 2 is 2.10 bits per heavy atom. The molecule has 1 aromatic heterocycles. The minimum absolute atomic E-state index is 0. The highest BCUT2D eigenvalue weighted by atomic mass is 79.9. The van der Waals surface area contributed by atoms with Crippen LogP contribution in [0.15, 0.2) is 34.4 Å². The number of nitrogens with zero attached hydrogens (tertiary/aromatic N) is 2. The van der Waals surface area contributed by atoms with Crippen molar-refractivity contribution in [3.05, 3.63) is 35.5 Å². The number of aryl methyl sites for hydroxylation is 1. The number of amidine groups is 1. The molecule has 0 saturated heterocycles. The largest absolute Gasteiger partial charge is 0.358 e. The van der Waals surface area contributed by atoms with E-state index in [9.17, 15) is 0 Å². The lowest BCUT2D eigenvalue weighted by molar-refractivity contribution is 0.729. The van der Waals surface area contributed by atoms with E-state index in [1.807, 2.05) is 12.3 Å². The molecule has 1 aliphatic heterocycles. The van der Waals surface area contributed by atoms with Crippen LogP contribution in [0, 0.1) is 6.92 Å². The molecule has 3 rings (SSSR count). The highest BCUT2D eigenvalue weighted by Crippen LogP contribution is 2.19. The average Bonchev–Trinajstić information content (AvgIpc) is 2.65. The fourth-order valence-corrected chi connectivity index (χ4v) is 2.60. The van der Waals surface area contributed by atoms with Gasteiger partial charge in [-0.2, -0.15) is 5.10 Å². The van der Waals surface area contributed by atoms with E-state index in [-0.39, 0.29) is 17.0 Å². The summed E-state index contributed by atoms with van der Waals surface area (Å²) in [5.41, 5.74) is 6.53. The van der Waals surface area contributed by atoms with Crippen LogP contribution < -0.4 is 5.43 Å². The fourth-order valence-electron chi connectivity index (χ4n) is 2.60. The zero-order valence-corrected chi connectivity index (χ0v) is 13.9. The molecule has 2 heterocycles. The Balaban J connectivity index is 0.00000161. The van der Waals surface area contributed by atoms with Crippen LogP contribution in [0.1, 0.15) is 36.9 Å². The predicted octanol–water partition coefficient (Wildman–Crippen LogP) is 3.95. The van der Waals surface area contributed by atoms with Gasteiger partial charge in [0.1, 0.15) is 5.84 Å². The molecule has 0 fully saturated rings. The number of fused-ring (bicyclic) bond motifs is 1. The second kappa shape index (κ2) is 7.41. The number of para-hydroxylation sites is 1. The van der Waals surface area contributed by atoms with Crippen LogP contribution in [0.2, 0.25) is 0 Å². The topological polar surface area (TPSA) is 52.5 Å². The molecule has 2 N–H and O–H groups in total. The summed E-state index contributed by atoms with van der Waals surface area (Å²) < 4.78 is 0. The number of aromatic amines is 1. The van der Waals surface area contributed by atoms with Gasteiger partial charge in [0.2, 0.25) is 0 Å². The Hall–Kier alpha value is -1.62. The standard InChI is InChI=1S/C16H20N4.BrH/c1-12-14(13-7-4-5-8-15(13)19-12)11-18-20-16-9-3-2-6-10-17-16;/h4-5,7-8,11,19H,2-3,6,9-10H2,1H3,(H,17,20);1H/b18-11+;. The van der Waals surface area contributed by atoms with E-state index in [0.29, 0.717) is 0 Å². The number of rotatable bonds is 2. The van der Waals surface area contributed by atoms with Crippen LogP contribution in [0.3, 0.4) is 0 Å². The third kappa shape index (κ3) is 3.73. The number of nitrogens with one attached hydrogen (secondary N) is 2. The number of hydrazone groups is 1. The van der Waals surface area contributed by atoms with Crippen LogP contribution in [0.25, 0.3) is 10.9 Å². The zero-order valence-electron chi connectivity index (χ0n) is 12.2. The van der Waals surface area contributed by atoms with Crippen LogP contribution in [-0.4, -0.2) is 23.6 Å². The molecule has 2 aromatic rings. The van der Waals surface area contributed by atoms with Gasteiger partial charge in [-0.1, -0.05) is 24.6 Å². The van der Waals surface area contributed by atoms with Crippen LogP contribution in [-0.2, 0) is 0 Å². The molecule has 1 aromatic carbocycles. The smallest absolute Gasteiger partial charge is 0.117 e. The number of H-pyrrole nitrogens is 1. The first kappa shape index (κ1) is 15.8. The highest BCUT2D eigenvalue weighted by molar-refractivity contribution is 8.93. The van der Waals surface area contributed by atoms with Gasteiger partial charge < -0.3 is 4.98 Å². The minimum atomic E-state index is 0. The predicted molar refractivity (Wildman–Crippen MR) is 94.9 cm³/mol. The SMILES string of the molecule is Br.Cc1[nH]c2ccccc2c1/C=N/NC1=NCCCCC1. The lowest BCUT2D eigenvalue weighted by atomic mass is 10.1. The number of benzene rings is 1. The van der Waals surface area contributed by atoms with E-state index in [2.05, 4.69) is 45.6 Å². The molecule has 0 aliphatic carbocycles. The van der Waals surface area contributed by atoms with Crippen molar-refractivity contribution >= 4 is 39.9 Å². The van der Waals surface area contributed by atoms with Gasteiger partial charge in [-0.05, 0) is 25.8 Å². The van der Waals surface area contributed by atoms with E-state index >= 15 is 0 Å². The maximum atomic E-state index is 4.51. The minimum Gasteiger partial charge on any atom is -0.358 e. The van der Waals surface area contributed by atoms with E-state index in [1.165, 1.54) is 24.6 Å². The zero-order chi connectivity index (χ0) is 13.8. The van der Waals surface area contributed by atoms with Crippen LogP contribution >= 0.6 is 17.0 Å². The summed E-state index contributed by atoms with van der Waals surface area (Å²) in [6.07, 6.45) is 6.55. The van der Waals surface area contributed by atoms with Crippen molar-refractivity contribution in [2.24, 2.45) is 10.1 Å². The average molecular weight is 349 g/mol. The van der Waals surface area contributed by atoms with Crippen molar-refractivity contribution in [3.63, 3.8) is 0 Å². The molecule has 5 heteroatoms. The van der Waals surface area contributed by atoms with Crippen molar-refractivity contribution in [2.75, 3.05) is 6.54 Å². The van der Waals surface area contributed by atoms with Crippen molar-refractivity contribution in [1.82, 2.24) is 10.4 Å². The Kier molecular flexibility index (Phi) is 5.56. The monoisotopic (exact) mass is 348 g/mol. The van der Waals surface area contributed by atoms with Crippen molar-refractivity contribution < 1.29 is 0 Å². The van der Waals surface area contributed by atoms with E-state index in [4.69, 9.17) is 0 Å². The molecular weight excluding hydrogens is 328 g/mol. The molecule has 0 bridgehead atoms. The number of hydrogen-bond acceptors (Lipinski definition) is 3. The van der Waals surface area contributed by atoms with Crippen molar-refractivity contribution in [3.8, 4) is 0 Å². The maximum absolute atomic E-state index is 4.51. The van der Waals surface area contributed by atoms with E-state index in [1.54, 1.807) is 0 Å². The van der Waals surface area contributed by atoms with Gasteiger partial charge in [0.05, 0.1) is 6.21 Å². The molecule has 0 amide bonds. The quantitative estimate of drug-likeness (QED) is 0.626. The van der Waals surface area contributed by atoms with Gasteiger partial charge in [-0.15, -0.1) is 17.0 Å². The molecule has 0 saturated carbocycles. The summed E-state index contributed by atoms with van der Waals surface area (Å²) in [6.45, 7) is 2.99. The second-order valence-electron chi connectivity index (χ2n) is 5.22. The summed E-state index contributed by atoms with van der Waals surface area (Å²) in [5, 5.41) is 5.57. The second-order valence-corrected chi connectivity index (χ2v) is 5.22. The fraction of sp³-hybridized carbons (Fsp3) is 0.375. The molecule has 0 radical (unpaired) electrons. The lowest BCUT2D eigenvalue weighted by Crippen LogP contribution is -2.17. The molecule has 1 aliphatic rings. The lowest BCUT2D eigenvalue weighted by Gasteiger charge is -2.01. The first-order chi connectivity index (χ1) is 9.84. The summed E-state index contributed by atoms with van der Waals surface area (Å²) in [4.78, 5) is 7.89.